The average molecular weight is 287 g/mol. The number of aromatic nitrogens is 1. The van der Waals surface area contributed by atoms with Crippen LogP contribution in [0.4, 0.5) is 24.5 Å². The number of rotatable bonds is 4. The van der Waals surface area contributed by atoms with E-state index in [-0.39, 0.29) is 11.4 Å². The van der Waals surface area contributed by atoms with Crippen molar-refractivity contribution in [2.45, 2.75) is 12.6 Å². The van der Waals surface area contributed by atoms with Crippen LogP contribution in [0.3, 0.4) is 0 Å². The van der Waals surface area contributed by atoms with Crippen LogP contribution in [0.2, 0.25) is 0 Å². The number of alkyl halides is 3. The first-order valence-corrected chi connectivity index (χ1v) is 6.49. The third kappa shape index (κ3) is 3.60. The third-order valence-corrected chi connectivity index (χ3v) is 3.16. The summed E-state index contributed by atoms with van der Waals surface area (Å²) in [5, 5.41) is 4.64. The largest absolute Gasteiger partial charge is 0.418 e. The molecule has 0 fully saturated rings. The van der Waals surface area contributed by atoms with Crippen molar-refractivity contribution in [3.63, 3.8) is 0 Å². The number of nitrogens with two attached hydrogens (primary N) is 1. The maximum atomic E-state index is 12.8. The van der Waals surface area contributed by atoms with Crippen LogP contribution in [0, 0.1) is 0 Å². The second kappa shape index (κ2) is 5.48. The highest BCUT2D eigenvalue weighted by Gasteiger charge is 2.33. The van der Waals surface area contributed by atoms with E-state index in [2.05, 4.69) is 10.3 Å². The second-order valence-corrected chi connectivity index (χ2v) is 4.68. The molecule has 0 bridgehead atoms. The molecule has 0 saturated carbocycles. The molecule has 0 amide bonds. The summed E-state index contributed by atoms with van der Waals surface area (Å²) in [6.07, 6.45) is -3.84. The van der Waals surface area contributed by atoms with Crippen LogP contribution in [0.5, 0.6) is 0 Å². The van der Waals surface area contributed by atoms with Crippen molar-refractivity contribution in [3.05, 3.63) is 40.3 Å². The molecule has 7 heteroatoms. The fourth-order valence-corrected chi connectivity index (χ4v) is 2.23. The van der Waals surface area contributed by atoms with Crippen LogP contribution in [0.1, 0.15) is 11.3 Å². The number of benzene rings is 1. The molecule has 3 nitrogen and oxygen atoms in total. The number of thiazole rings is 1. The Labute approximate surface area is 112 Å². The molecule has 0 radical (unpaired) electrons. The fraction of sp³-hybridized carbons (Fsp3) is 0.250. The summed E-state index contributed by atoms with van der Waals surface area (Å²) in [4.78, 5) is 4.07. The predicted octanol–water partition coefficient (Wildman–Crippen LogP) is 3.40. The van der Waals surface area contributed by atoms with Crippen molar-refractivity contribution in [1.82, 2.24) is 4.98 Å². The van der Waals surface area contributed by atoms with Gasteiger partial charge in [0.2, 0.25) is 0 Å². The van der Waals surface area contributed by atoms with Gasteiger partial charge >= 0.3 is 6.18 Å². The molecule has 1 heterocycles. The smallest absolute Gasteiger partial charge is 0.399 e. The van der Waals surface area contributed by atoms with E-state index in [1.165, 1.54) is 23.5 Å². The monoisotopic (exact) mass is 287 g/mol. The normalized spacial score (nSPS) is 11.5. The summed E-state index contributed by atoms with van der Waals surface area (Å²) >= 11 is 1.46. The van der Waals surface area contributed by atoms with E-state index in [1.807, 2.05) is 5.38 Å². The Hall–Kier alpha value is -1.76. The molecule has 0 spiro atoms. The average Bonchev–Trinajstić information content (AvgIpc) is 2.83. The number of hydrogen-bond acceptors (Lipinski definition) is 4. The fourth-order valence-electron chi connectivity index (χ4n) is 1.64. The minimum atomic E-state index is -4.42. The predicted molar refractivity (Wildman–Crippen MR) is 70.2 cm³/mol. The number of nitrogens with one attached hydrogen (secondary N) is 1. The second-order valence-electron chi connectivity index (χ2n) is 3.96. The van der Waals surface area contributed by atoms with E-state index in [0.29, 0.717) is 13.0 Å². The zero-order valence-electron chi connectivity index (χ0n) is 9.87. The van der Waals surface area contributed by atoms with Gasteiger partial charge in [-0.1, -0.05) is 0 Å². The van der Waals surface area contributed by atoms with Gasteiger partial charge in [-0.25, -0.2) is 4.98 Å². The topological polar surface area (TPSA) is 50.9 Å². The van der Waals surface area contributed by atoms with Crippen LogP contribution >= 0.6 is 11.3 Å². The molecule has 0 saturated heterocycles. The molecule has 0 aliphatic rings. The van der Waals surface area contributed by atoms with Gasteiger partial charge in [-0.3, -0.25) is 0 Å². The Bertz CT molecular complexity index is 538. The van der Waals surface area contributed by atoms with E-state index in [4.69, 9.17) is 5.73 Å². The van der Waals surface area contributed by atoms with Gasteiger partial charge in [0.05, 0.1) is 16.8 Å². The number of hydrogen-bond donors (Lipinski definition) is 2. The minimum Gasteiger partial charge on any atom is -0.399 e. The Kier molecular flexibility index (Phi) is 3.94. The molecule has 0 atom stereocenters. The van der Waals surface area contributed by atoms with E-state index in [1.54, 1.807) is 5.51 Å². The minimum absolute atomic E-state index is 0.0388. The van der Waals surface area contributed by atoms with Gasteiger partial charge in [0.1, 0.15) is 0 Å². The third-order valence-electron chi connectivity index (χ3n) is 2.53. The van der Waals surface area contributed by atoms with Gasteiger partial charge in [0.25, 0.3) is 0 Å². The quantitative estimate of drug-likeness (QED) is 0.847. The molecule has 2 rings (SSSR count). The lowest BCUT2D eigenvalue weighted by Crippen LogP contribution is -2.13. The highest BCUT2D eigenvalue weighted by atomic mass is 32.1. The van der Waals surface area contributed by atoms with E-state index < -0.39 is 11.7 Å². The summed E-state index contributed by atoms with van der Waals surface area (Å²) in [6, 6.07) is 3.73. The summed E-state index contributed by atoms with van der Waals surface area (Å²) in [5.74, 6) is 0. The highest BCUT2D eigenvalue weighted by Crippen LogP contribution is 2.35. The van der Waals surface area contributed by atoms with Crippen LogP contribution in [-0.2, 0) is 12.6 Å². The first kappa shape index (κ1) is 13.7. The molecule has 0 aliphatic carbocycles. The number of nitrogen functional groups attached to an aromatic ring is 1. The Morgan fingerprint density at radius 1 is 1.32 bits per heavy atom. The molecule has 3 N–H and O–H groups in total. The van der Waals surface area contributed by atoms with Crippen LogP contribution in [-0.4, -0.2) is 11.5 Å². The summed E-state index contributed by atoms with van der Waals surface area (Å²) in [6.45, 7) is 0.386. The summed E-state index contributed by atoms with van der Waals surface area (Å²) in [5.41, 5.74) is 7.34. The van der Waals surface area contributed by atoms with Gasteiger partial charge in [0, 0.05) is 29.7 Å². The SMILES string of the molecule is Nc1ccc(NCCc2cscn2)c(C(F)(F)F)c1. The van der Waals surface area contributed by atoms with Gasteiger partial charge in [-0.2, -0.15) is 13.2 Å². The molecule has 0 unspecified atom stereocenters. The van der Waals surface area contributed by atoms with E-state index in [0.717, 1.165) is 11.8 Å². The van der Waals surface area contributed by atoms with Crippen molar-refractivity contribution < 1.29 is 13.2 Å². The highest BCUT2D eigenvalue weighted by molar-refractivity contribution is 7.07. The Morgan fingerprint density at radius 3 is 2.74 bits per heavy atom. The van der Waals surface area contributed by atoms with Crippen molar-refractivity contribution in [2.75, 3.05) is 17.6 Å². The molecule has 19 heavy (non-hydrogen) atoms. The molecule has 2 aromatic rings. The van der Waals surface area contributed by atoms with Gasteiger partial charge in [-0.05, 0) is 18.2 Å². The first-order chi connectivity index (χ1) is 8.97. The van der Waals surface area contributed by atoms with Crippen LogP contribution < -0.4 is 11.1 Å². The zero-order valence-corrected chi connectivity index (χ0v) is 10.7. The molecule has 1 aromatic carbocycles. The molecule has 1 aromatic heterocycles. The maximum Gasteiger partial charge on any atom is 0.418 e. The van der Waals surface area contributed by atoms with Crippen molar-refractivity contribution >= 4 is 22.7 Å². The van der Waals surface area contributed by atoms with Gasteiger partial charge < -0.3 is 11.1 Å². The number of anilines is 2. The standard InChI is InChI=1S/C12H12F3N3S/c13-12(14,15)10-5-8(16)1-2-11(10)17-4-3-9-6-19-7-18-9/h1-2,5-7,17H,3-4,16H2. The maximum absolute atomic E-state index is 12.8. The lowest BCUT2D eigenvalue weighted by atomic mass is 10.1. The van der Waals surface area contributed by atoms with E-state index in [9.17, 15) is 13.2 Å². The lowest BCUT2D eigenvalue weighted by molar-refractivity contribution is -0.136. The lowest BCUT2D eigenvalue weighted by Gasteiger charge is -2.14. The molecular formula is C12H12F3N3S. The van der Waals surface area contributed by atoms with Crippen molar-refractivity contribution in [3.8, 4) is 0 Å². The number of halogens is 3. The van der Waals surface area contributed by atoms with Crippen LogP contribution in [0.25, 0.3) is 0 Å². The first-order valence-electron chi connectivity index (χ1n) is 5.54. The number of nitrogens with zero attached hydrogens (tertiary/aromatic N) is 1. The summed E-state index contributed by atoms with van der Waals surface area (Å²) in [7, 11) is 0. The molecule has 102 valence electrons. The van der Waals surface area contributed by atoms with E-state index >= 15 is 0 Å². The van der Waals surface area contributed by atoms with Gasteiger partial charge in [-0.15, -0.1) is 11.3 Å². The van der Waals surface area contributed by atoms with Crippen molar-refractivity contribution in [2.24, 2.45) is 0 Å². The van der Waals surface area contributed by atoms with Crippen molar-refractivity contribution in [1.29, 1.82) is 0 Å². The zero-order chi connectivity index (χ0) is 13.9. The molecule has 0 aliphatic heterocycles. The molecular weight excluding hydrogens is 275 g/mol. The Morgan fingerprint density at radius 2 is 2.11 bits per heavy atom. The summed E-state index contributed by atoms with van der Waals surface area (Å²) < 4.78 is 38.5. The van der Waals surface area contributed by atoms with Gasteiger partial charge in [0.15, 0.2) is 0 Å². The van der Waals surface area contributed by atoms with Crippen LogP contribution in [0.15, 0.2) is 29.1 Å². The Balaban J connectivity index is 2.07.